The number of piperazine rings is 1. The van der Waals surface area contributed by atoms with Crippen molar-refractivity contribution in [3.8, 4) is 0 Å². The zero-order valence-electron chi connectivity index (χ0n) is 16.6. The first kappa shape index (κ1) is 22.1. The van der Waals surface area contributed by atoms with E-state index < -0.39 is 10.0 Å². The zero-order chi connectivity index (χ0) is 19.9. The number of ether oxygens (including phenoxy) is 1. The Morgan fingerprint density at radius 1 is 1.37 bits per heavy atom. The first-order valence-electron chi connectivity index (χ1n) is 9.28. The maximum atomic E-state index is 12.4. The summed E-state index contributed by atoms with van der Waals surface area (Å²) in [7, 11) is -1.52. The highest BCUT2D eigenvalue weighted by Crippen LogP contribution is 2.10. The van der Waals surface area contributed by atoms with Gasteiger partial charge in [-0.25, -0.2) is 13.4 Å². The highest BCUT2D eigenvalue weighted by Gasteiger charge is 2.27. The molecule has 1 aromatic heterocycles. The van der Waals surface area contributed by atoms with Gasteiger partial charge < -0.3 is 15.0 Å². The van der Waals surface area contributed by atoms with Gasteiger partial charge in [0.25, 0.3) is 0 Å². The molecule has 0 aromatic carbocycles. The fourth-order valence-corrected chi connectivity index (χ4v) is 4.79. The second-order valence-corrected chi connectivity index (χ2v) is 9.85. The summed E-state index contributed by atoms with van der Waals surface area (Å²) < 4.78 is 31.8. The Labute approximate surface area is 166 Å². The van der Waals surface area contributed by atoms with Crippen LogP contribution < -0.4 is 5.32 Å². The van der Waals surface area contributed by atoms with Gasteiger partial charge in [0.15, 0.2) is 5.96 Å². The summed E-state index contributed by atoms with van der Waals surface area (Å²) in [5, 5.41) is 6.50. The van der Waals surface area contributed by atoms with Crippen molar-refractivity contribution < 1.29 is 13.2 Å². The first-order valence-corrected chi connectivity index (χ1v) is 11.8. The average molecular weight is 418 g/mol. The van der Waals surface area contributed by atoms with E-state index in [2.05, 4.69) is 25.6 Å². The maximum absolute atomic E-state index is 12.4. The standard InChI is InChI=1S/C17H31N5O3S2/c1-14(2)25-11-12-27(23,24)22-9-7-21(8-10-22)17(18-4)19-6-5-16-13-26-15(3)20-16/h13-14H,5-12H2,1-4H3,(H,18,19). The SMILES string of the molecule is CN=C(NCCc1csc(C)n1)N1CCN(S(=O)(=O)CCOC(C)C)CC1. The molecule has 0 spiro atoms. The minimum Gasteiger partial charge on any atom is -0.378 e. The van der Waals surface area contributed by atoms with E-state index in [4.69, 9.17) is 4.74 Å². The summed E-state index contributed by atoms with van der Waals surface area (Å²) in [4.78, 5) is 10.9. The van der Waals surface area contributed by atoms with Crippen molar-refractivity contribution in [2.45, 2.75) is 33.3 Å². The molecular formula is C17H31N5O3S2. The number of nitrogens with zero attached hydrogens (tertiary/aromatic N) is 4. The van der Waals surface area contributed by atoms with Crippen molar-refractivity contribution in [3.05, 3.63) is 16.1 Å². The lowest BCUT2D eigenvalue weighted by molar-refractivity contribution is 0.0904. The summed E-state index contributed by atoms with van der Waals surface area (Å²) in [6.07, 6.45) is 0.882. The van der Waals surface area contributed by atoms with Crippen molar-refractivity contribution in [2.75, 3.05) is 52.1 Å². The lowest BCUT2D eigenvalue weighted by atomic mass is 10.3. The van der Waals surface area contributed by atoms with Gasteiger partial charge in [0.1, 0.15) is 0 Å². The van der Waals surface area contributed by atoms with Crippen LogP contribution in [0.15, 0.2) is 10.4 Å². The smallest absolute Gasteiger partial charge is 0.216 e. The number of guanidine groups is 1. The molecule has 0 bridgehead atoms. The van der Waals surface area contributed by atoms with Crippen molar-refractivity contribution in [2.24, 2.45) is 4.99 Å². The van der Waals surface area contributed by atoms with Crippen LogP contribution in [0.1, 0.15) is 24.5 Å². The number of hydrogen-bond donors (Lipinski definition) is 1. The van der Waals surface area contributed by atoms with Gasteiger partial charge >= 0.3 is 0 Å². The summed E-state index contributed by atoms with van der Waals surface area (Å²) in [6.45, 7) is 8.98. The first-order chi connectivity index (χ1) is 12.8. The van der Waals surface area contributed by atoms with E-state index in [-0.39, 0.29) is 18.5 Å². The molecule has 1 aliphatic heterocycles. The van der Waals surface area contributed by atoms with Gasteiger partial charge in [0, 0.05) is 51.6 Å². The number of aliphatic imine (C=N–C) groups is 1. The van der Waals surface area contributed by atoms with Crippen molar-refractivity contribution in [1.82, 2.24) is 19.5 Å². The van der Waals surface area contributed by atoms with E-state index in [9.17, 15) is 8.42 Å². The molecule has 0 unspecified atom stereocenters. The largest absolute Gasteiger partial charge is 0.378 e. The Morgan fingerprint density at radius 3 is 2.63 bits per heavy atom. The monoisotopic (exact) mass is 417 g/mol. The van der Waals surface area contributed by atoms with E-state index in [0.29, 0.717) is 26.2 Å². The minimum absolute atomic E-state index is 0.0329. The van der Waals surface area contributed by atoms with E-state index in [1.54, 1.807) is 22.7 Å². The number of rotatable bonds is 8. The molecule has 0 atom stereocenters. The predicted octanol–water partition coefficient (Wildman–Crippen LogP) is 0.942. The molecule has 1 aliphatic rings. The van der Waals surface area contributed by atoms with Crippen LogP contribution in [0.2, 0.25) is 0 Å². The van der Waals surface area contributed by atoms with Gasteiger partial charge in [-0.3, -0.25) is 4.99 Å². The molecule has 0 amide bonds. The Morgan fingerprint density at radius 2 is 2.07 bits per heavy atom. The van der Waals surface area contributed by atoms with E-state index in [1.807, 2.05) is 20.8 Å². The lowest BCUT2D eigenvalue weighted by Gasteiger charge is -2.35. The Balaban J connectivity index is 1.77. The van der Waals surface area contributed by atoms with E-state index in [1.165, 1.54) is 0 Å². The molecule has 1 aromatic rings. The molecule has 1 saturated heterocycles. The van der Waals surface area contributed by atoms with Crippen LogP contribution in [0.5, 0.6) is 0 Å². The van der Waals surface area contributed by atoms with Gasteiger partial charge in [-0.15, -0.1) is 11.3 Å². The second-order valence-electron chi connectivity index (χ2n) is 6.70. The molecule has 0 aliphatic carbocycles. The van der Waals surface area contributed by atoms with E-state index >= 15 is 0 Å². The molecule has 27 heavy (non-hydrogen) atoms. The van der Waals surface area contributed by atoms with Crippen LogP contribution in [0, 0.1) is 6.92 Å². The molecule has 0 saturated carbocycles. The summed E-state index contributed by atoms with van der Waals surface area (Å²) in [5.41, 5.74) is 1.08. The number of sulfonamides is 1. The normalized spacial score (nSPS) is 16.9. The Bertz CT molecular complexity index is 710. The fraction of sp³-hybridized carbons (Fsp3) is 0.765. The van der Waals surface area contributed by atoms with Crippen LogP contribution in [0.4, 0.5) is 0 Å². The third-order valence-corrected chi connectivity index (χ3v) is 6.92. The highest BCUT2D eigenvalue weighted by molar-refractivity contribution is 7.89. The van der Waals surface area contributed by atoms with Gasteiger partial charge in [-0.2, -0.15) is 4.31 Å². The van der Waals surface area contributed by atoms with E-state index in [0.717, 1.165) is 29.6 Å². The molecule has 0 radical (unpaired) electrons. The molecule has 1 N–H and O–H groups in total. The summed E-state index contributed by atoms with van der Waals surface area (Å²) in [5.74, 6) is 0.840. The number of thiazole rings is 1. The Kier molecular flexibility index (Phi) is 8.46. The lowest BCUT2D eigenvalue weighted by Crippen LogP contribution is -2.54. The van der Waals surface area contributed by atoms with Crippen molar-refractivity contribution in [3.63, 3.8) is 0 Å². The average Bonchev–Trinajstić information content (AvgIpc) is 3.03. The molecule has 1 fully saturated rings. The van der Waals surface area contributed by atoms with Crippen molar-refractivity contribution in [1.29, 1.82) is 0 Å². The quantitative estimate of drug-likeness (QED) is 0.500. The molecule has 154 valence electrons. The fourth-order valence-electron chi connectivity index (χ4n) is 2.85. The maximum Gasteiger partial charge on any atom is 0.216 e. The number of nitrogens with one attached hydrogen (secondary N) is 1. The number of hydrogen-bond acceptors (Lipinski definition) is 6. The summed E-state index contributed by atoms with van der Waals surface area (Å²) in [6, 6.07) is 0. The van der Waals surface area contributed by atoms with Gasteiger partial charge in [0.2, 0.25) is 10.0 Å². The molecule has 10 heteroatoms. The molecule has 8 nitrogen and oxygen atoms in total. The van der Waals surface area contributed by atoms with Crippen LogP contribution in [0.25, 0.3) is 0 Å². The second kappa shape index (κ2) is 10.4. The van der Waals surface area contributed by atoms with Crippen LogP contribution in [-0.4, -0.2) is 86.8 Å². The van der Waals surface area contributed by atoms with Crippen molar-refractivity contribution >= 4 is 27.3 Å². The topological polar surface area (TPSA) is 87.1 Å². The zero-order valence-corrected chi connectivity index (χ0v) is 18.3. The highest BCUT2D eigenvalue weighted by atomic mass is 32.2. The Hall–Kier alpha value is -1.23. The third-order valence-electron chi connectivity index (χ3n) is 4.27. The molecule has 2 rings (SSSR count). The van der Waals surface area contributed by atoms with Gasteiger partial charge in [-0.05, 0) is 20.8 Å². The predicted molar refractivity (Wildman–Crippen MR) is 110 cm³/mol. The third kappa shape index (κ3) is 7.02. The van der Waals surface area contributed by atoms with Crippen LogP contribution in [0.3, 0.4) is 0 Å². The minimum atomic E-state index is -3.27. The summed E-state index contributed by atoms with van der Waals surface area (Å²) >= 11 is 1.66. The van der Waals surface area contributed by atoms with Gasteiger partial charge in [0.05, 0.1) is 29.2 Å². The van der Waals surface area contributed by atoms with Crippen LogP contribution >= 0.6 is 11.3 Å². The number of aromatic nitrogens is 1. The molecular weight excluding hydrogens is 386 g/mol. The number of aryl methyl sites for hydroxylation is 1. The van der Waals surface area contributed by atoms with Crippen LogP contribution in [-0.2, 0) is 21.2 Å². The molecule has 2 heterocycles. The van der Waals surface area contributed by atoms with Gasteiger partial charge in [-0.1, -0.05) is 0 Å².